The minimum Gasteiger partial charge on any atom is -0.353 e. The molecule has 0 bridgehead atoms. The zero-order valence-electron chi connectivity index (χ0n) is 13.1. The zero-order chi connectivity index (χ0) is 15.1. The fourth-order valence-corrected chi connectivity index (χ4v) is 2.32. The van der Waals surface area contributed by atoms with Crippen molar-refractivity contribution in [1.29, 1.82) is 0 Å². The number of anilines is 1. The van der Waals surface area contributed by atoms with Gasteiger partial charge in [-0.3, -0.25) is 9.98 Å². The fourth-order valence-electron chi connectivity index (χ4n) is 2.32. The van der Waals surface area contributed by atoms with Crippen molar-refractivity contribution in [2.24, 2.45) is 16.1 Å². The van der Waals surface area contributed by atoms with Gasteiger partial charge in [0.05, 0.1) is 11.9 Å². The molecule has 4 N–H and O–H groups in total. The van der Waals surface area contributed by atoms with Crippen molar-refractivity contribution in [3.63, 3.8) is 0 Å². The quantitative estimate of drug-likeness (QED) is 0.574. The summed E-state index contributed by atoms with van der Waals surface area (Å²) in [5.74, 6) is 0.830. The van der Waals surface area contributed by atoms with Gasteiger partial charge in [0, 0.05) is 18.8 Å². The van der Waals surface area contributed by atoms with Crippen LogP contribution in [0.4, 0.5) is 5.69 Å². The number of guanidine groups is 1. The maximum Gasteiger partial charge on any atom is 0.196 e. The lowest BCUT2D eigenvalue weighted by atomic mass is 9.94. The van der Waals surface area contributed by atoms with E-state index in [1.54, 1.807) is 12.4 Å². The number of nitrogens with two attached hydrogens (primary N) is 1. The highest BCUT2D eigenvalue weighted by Gasteiger charge is 2.18. The molecule has 21 heavy (non-hydrogen) atoms. The molecule has 5 nitrogen and oxygen atoms in total. The van der Waals surface area contributed by atoms with Crippen molar-refractivity contribution in [1.82, 2.24) is 10.3 Å². The molecule has 0 unspecified atom stereocenters. The molecule has 1 aliphatic carbocycles. The Balaban J connectivity index is 2.03. The molecular weight excluding hydrogens is 262 g/mol. The van der Waals surface area contributed by atoms with Crippen LogP contribution in [0.1, 0.15) is 39.5 Å². The lowest BCUT2D eigenvalue weighted by Crippen LogP contribution is -2.39. The van der Waals surface area contributed by atoms with Crippen molar-refractivity contribution in [2.45, 2.75) is 45.6 Å². The van der Waals surface area contributed by atoms with Crippen LogP contribution >= 0.6 is 0 Å². The number of nitrogens with zero attached hydrogens (tertiary/aromatic N) is 2. The van der Waals surface area contributed by atoms with Crippen LogP contribution in [0.2, 0.25) is 0 Å². The normalized spacial score (nSPS) is 17.0. The van der Waals surface area contributed by atoms with Gasteiger partial charge in [-0.25, -0.2) is 0 Å². The van der Waals surface area contributed by atoms with E-state index < -0.39 is 0 Å². The first-order valence-electron chi connectivity index (χ1n) is 7.77. The predicted molar refractivity (Wildman–Crippen MR) is 88.4 cm³/mol. The van der Waals surface area contributed by atoms with Crippen LogP contribution in [0.25, 0.3) is 0 Å². The summed E-state index contributed by atoms with van der Waals surface area (Å²) in [6.45, 7) is 5.59. The van der Waals surface area contributed by atoms with Crippen LogP contribution in [-0.2, 0) is 0 Å². The van der Waals surface area contributed by atoms with Crippen LogP contribution in [-0.4, -0.2) is 30.1 Å². The Morgan fingerprint density at radius 3 is 2.81 bits per heavy atom. The average Bonchev–Trinajstić information content (AvgIpc) is 2.99. The van der Waals surface area contributed by atoms with Gasteiger partial charge in [-0.15, -0.1) is 0 Å². The molecule has 5 heteroatoms. The maximum atomic E-state index is 5.79. The lowest BCUT2D eigenvalue weighted by molar-refractivity contribution is 0.393. The van der Waals surface area contributed by atoms with Gasteiger partial charge in [0.2, 0.25) is 0 Å². The van der Waals surface area contributed by atoms with Gasteiger partial charge in [0.15, 0.2) is 5.96 Å². The summed E-state index contributed by atoms with van der Waals surface area (Å²) in [6.07, 6.45) is 8.60. The monoisotopic (exact) mass is 289 g/mol. The third-order valence-electron chi connectivity index (χ3n) is 3.84. The molecule has 116 valence electrons. The molecule has 0 atom stereocenters. The van der Waals surface area contributed by atoms with Crippen LogP contribution in [0.3, 0.4) is 0 Å². The molecule has 0 amide bonds. The maximum absolute atomic E-state index is 5.79. The second-order valence-electron chi connectivity index (χ2n) is 6.53. The summed E-state index contributed by atoms with van der Waals surface area (Å²) < 4.78 is 0. The van der Waals surface area contributed by atoms with Gasteiger partial charge in [0.25, 0.3) is 0 Å². The second kappa shape index (κ2) is 7.41. The largest absolute Gasteiger partial charge is 0.353 e. The van der Waals surface area contributed by atoms with E-state index in [1.807, 2.05) is 12.1 Å². The van der Waals surface area contributed by atoms with Gasteiger partial charge in [-0.2, -0.15) is 0 Å². The summed E-state index contributed by atoms with van der Waals surface area (Å²) in [5.41, 5.74) is 6.75. The number of aliphatic imine (C=N–C) groups is 1. The topological polar surface area (TPSA) is 75.3 Å². The van der Waals surface area contributed by atoms with E-state index in [0.29, 0.717) is 19.1 Å². The summed E-state index contributed by atoms with van der Waals surface area (Å²) >= 11 is 0. The van der Waals surface area contributed by atoms with Gasteiger partial charge < -0.3 is 16.4 Å². The molecule has 0 spiro atoms. The van der Waals surface area contributed by atoms with E-state index >= 15 is 0 Å². The van der Waals surface area contributed by atoms with Crippen molar-refractivity contribution in [3.8, 4) is 0 Å². The van der Waals surface area contributed by atoms with Gasteiger partial charge >= 0.3 is 0 Å². The van der Waals surface area contributed by atoms with Crippen molar-refractivity contribution in [2.75, 3.05) is 18.4 Å². The fraction of sp³-hybridized carbons (Fsp3) is 0.625. The van der Waals surface area contributed by atoms with Gasteiger partial charge in [0.1, 0.15) is 0 Å². The van der Waals surface area contributed by atoms with Crippen LogP contribution in [0, 0.1) is 5.41 Å². The summed E-state index contributed by atoms with van der Waals surface area (Å²) in [5, 5.41) is 6.87. The highest BCUT2D eigenvalue weighted by atomic mass is 15.2. The Hall–Kier alpha value is -1.62. The predicted octanol–water partition coefficient (Wildman–Crippen LogP) is 2.37. The molecule has 1 saturated carbocycles. The highest BCUT2D eigenvalue weighted by molar-refractivity contribution is 5.93. The smallest absolute Gasteiger partial charge is 0.196 e. The van der Waals surface area contributed by atoms with Crippen molar-refractivity contribution < 1.29 is 0 Å². The first-order valence-corrected chi connectivity index (χ1v) is 7.77. The average molecular weight is 289 g/mol. The minimum atomic E-state index is 0.0131. The Labute approximate surface area is 127 Å². The number of nitrogens with one attached hydrogen (secondary N) is 2. The molecule has 1 fully saturated rings. The second-order valence-corrected chi connectivity index (χ2v) is 6.53. The standard InChI is InChI=1S/C16H27N5/c1-16(2,11-17)12-19-15(20-13-6-3-4-7-13)21-14-8-5-9-18-10-14/h5,8-10,13H,3-4,6-7,11-12,17H2,1-2H3,(H2,19,20,21). The summed E-state index contributed by atoms with van der Waals surface area (Å²) in [6, 6.07) is 4.43. The van der Waals surface area contributed by atoms with Crippen LogP contribution in [0.15, 0.2) is 29.5 Å². The number of hydrogen-bond acceptors (Lipinski definition) is 3. The Morgan fingerprint density at radius 1 is 1.43 bits per heavy atom. The lowest BCUT2D eigenvalue weighted by Gasteiger charge is -2.22. The highest BCUT2D eigenvalue weighted by Crippen LogP contribution is 2.18. The molecule has 0 aliphatic heterocycles. The summed E-state index contributed by atoms with van der Waals surface area (Å²) in [4.78, 5) is 8.84. The Morgan fingerprint density at radius 2 is 2.19 bits per heavy atom. The first-order chi connectivity index (χ1) is 10.1. The molecule has 1 aromatic heterocycles. The SMILES string of the molecule is CC(C)(CN)CN=C(Nc1cccnc1)NC1CCCC1. The van der Waals surface area contributed by atoms with Crippen molar-refractivity contribution in [3.05, 3.63) is 24.5 Å². The van der Waals surface area contributed by atoms with E-state index in [9.17, 15) is 0 Å². The van der Waals surface area contributed by atoms with E-state index in [4.69, 9.17) is 10.7 Å². The van der Waals surface area contributed by atoms with E-state index in [2.05, 4.69) is 29.5 Å². The number of rotatable bonds is 5. The molecular formula is C16H27N5. The Kier molecular flexibility index (Phi) is 5.56. The van der Waals surface area contributed by atoms with E-state index in [1.165, 1.54) is 25.7 Å². The summed E-state index contributed by atoms with van der Waals surface area (Å²) in [7, 11) is 0. The molecule has 1 aromatic rings. The van der Waals surface area contributed by atoms with Crippen molar-refractivity contribution >= 4 is 11.6 Å². The first kappa shape index (κ1) is 15.8. The number of hydrogen-bond donors (Lipinski definition) is 3. The molecule has 0 saturated heterocycles. The third kappa shape index (κ3) is 5.34. The molecule has 1 aliphatic rings. The molecule has 0 radical (unpaired) electrons. The minimum absolute atomic E-state index is 0.0131. The molecule has 0 aromatic carbocycles. The van der Waals surface area contributed by atoms with Crippen LogP contribution in [0.5, 0.6) is 0 Å². The van der Waals surface area contributed by atoms with Gasteiger partial charge in [-0.1, -0.05) is 26.7 Å². The van der Waals surface area contributed by atoms with E-state index in [0.717, 1.165) is 11.6 Å². The van der Waals surface area contributed by atoms with Gasteiger partial charge in [-0.05, 0) is 36.9 Å². The van der Waals surface area contributed by atoms with Crippen LogP contribution < -0.4 is 16.4 Å². The number of aromatic nitrogens is 1. The zero-order valence-corrected chi connectivity index (χ0v) is 13.1. The van der Waals surface area contributed by atoms with E-state index in [-0.39, 0.29) is 5.41 Å². The molecule has 2 rings (SSSR count). The molecule has 1 heterocycles. The number of pyridine rings is 1. The third-order valence-corrected chi connectivity index (χ3v) is 3.84. The Bertz CT molecular complexity index is 449.